The van der Waals surface area contributed by atoms with Gasteiger partial charge in [0.15, 0.2) is 0 Å². The molecule has 0 saturated carbocycles. The second-order valence-corrected chi connectivity index (χ2v) is 5.14. The van der Waals surface area contributed by atoms with Crippen LogP contribution in [0.3, 0.4) is 0 Å². The number of likely N-dealkylation sites (N-methyl/N-ethyl adjacent to an activating group) is 1. The van der Waals surface area contributed by atoms with Crippen LogP contribution in [0.2, 0.25) is 0 Å². The lowest BCUT2D eigenvalue weighted by Gasteiger charge is -2.25. The van der Waals surface area contributed by atoms with Crippen LogP contribution in [0.1, 0.15) is 5.56 Å². The van der Waals surface area contributed by atoms with Crippen molar-refractivity contribution in [2.75, 3.05) is 37.0 Å². The van der Waals surface area contributed by atoms with Gasteiger partial charge in [-0.15, -0.1) is 0 Å². The van der Waals surface area contributed by atoms with Gasteiger partial charge in [0.25, 0.3) is 0 Å². The molecular weight excluding hydrogens is 248 g/mol. The fourth-order valence-corrected chi connectivity index (χ4v) is 2.79. The van der Waals surface area contributed by atoms with Crippen LogP contribution in [0, 0.1) is 0 Å². The summed E-state index contributed by atoms with van der Waals surface area (Å²) >= 11 is 0. The highest BCUT2D eigenvalue weighted by molar-refractivity contribution is 5.62. The lowest BCUT2D eigenvalue weighted by molar-refractivity contribution is 0.414. The minimum absolute atomic E-state index is 0.918. The summed E-state index contributed by atoms with van der Waals surface area (Å²) in [5.74, 6) is 0.939. The van der Waals surface area contributed by atoms with Crippen LogP contribution in [0.15, 0.2) is 48.5 Å². The molecule has 3 nitrogen and oxygen atoms in total. The van der Waals surface area contributed by atoms with Gasteiger partial charge in [-0.25, -0.2) is 0 Å². The summed E-state index contributed by atoms with van der Waals surface area (Å²) in [7, 11) is 3.89. The van der Waals surface area contributed by atoms with E-state index in [0.29, 0.717) is 0 Å². The number of methoxy groups -OCH3 is 1. The summed E-state index contributed by atoms with van der Waals surface area (Å²) in [5, 5.41) is 0. The molecule has 0 bridgehead atoms. The molecule has 1 heterocycles. The van der Waals surface area contributed by atoms with Gasteiger partial charge in [0.1, 0.15) is 5.75 Å². The topological polar surface area (TPSA) is 15.7 Å². The van der Waals surface area contributed by atoms with Gasteiger partial charge in [-0.1, -0.05) is 30.3 Å². The maximum Gasteiger partial charge on any atom is 0.142 e. The number of anilines is 2. The predicted molar refractivity (Wildman–Crippen MR) is 83.8 cm³/mol. The van der Waals surface area contributed by atoms with E-state index in [2.05, 4.69) is 53.2 Å². The maximum absolute atomic E-state index is 5.50. The number of benzene rings is 2. The number of rotatable bonds is 2. The van der Waals surface area contributed by atoms with Gasteiger partial charge < -0.3 is 14.5 Å². The Hall–Kier alpha value is -2.16. The third-order valence-electron chi connectivity index (χ3n) is 3.90. The Bertz CT molecular complexity index is 597. The van der Waals surface area contributed by atoms with E-state index >= 15 is 0 Å². The van der Waals surface area contributed by atoms with Gasteiger partial charge in [-0.2, -0.15) is 0 Å². The molecule has 0 amide bonds. The van der Waals surface area contributed by atoms with Crippen LogP contribution in [-0.2, 0) is 6.54 Å². The molecule has 2 aromatic rings. The van der Waals surface area contributed by atoms with Gasteiger partial charge in [0, 0.05) is 32.4 Å². The first kappa shape index (κ1) is 12.9. The molecule has 0 fully saturated rings. The van der Waals surface area contributed by atoms with Crippen molar-refractivity contribution in [1.82, 2.24) is 0 Å². The first-order valence-electron chi connectivity index (χ1n) is 6.96. The molecule has 0 radical (unpaired) electrons. The average Bonchev–Trinajstić information content (AvgIpc) is 2.67. The summed E-state index contributed by atoms with van der Waals surface area (Å²) in [6.07, 6.45) is 0. The number of ether oxygens (including phenoxy) is 1. The van der Waals surface area contributed by atoms with E-state index in [-0.39, 0.29) is 0 Å². The zero-order valence-corrected chi connectivity index (χ0v) is 12.0. The first-order chi connectivity index (χ1) is 9.79. The lowest BCUT2D eigenvalue weighted by atomic mass is 10.1. The molecule has 0 aliphatic carbocycles. The van der Waals surface area contributed by atoms with E-state index in [4.69, 9.17) is 4.74 Å². The Morgan fingerprint density at radius 3 is 2.40 bits per heavy atom. The molecule has 0 unspecified atom stereocenters. The SMILES string of the molecule is COc1ccccc1N1CCN(C)c2ccccc2C1. The second-order valence-electron chi connectivity index (χ2n) is 5.14. The molecule has 1 aliphatic rings. The van der Waals surface area contributed by atoms with Crippen molar-refractivity contribution in [3.05, 3.63) is 54.1 Å². The summed E-state index contributed by atoms with van der Waals surface area (Å²) < 4.78 is 5.50. The fraction of sp³-hybridized carbons (Fsp3) is 0.294. The van der Waals surface area contributed by atoms with Crippen LogP contribution in [0.4, 0.5) is 11.4 Å². The first-order valence-corrected chi connectivity index (χ1v) is 6.96. The van der Waals surface area contributed by atoms with Gasteiger partial charge >= 0.3 is 0 Å². The van der Waals surface area contributed by atoms with Crippen LogP contribution < -0.4 is 14.5 Å². The number of hydrogen-bond donors (Lipinski definition) is 0. The zero-order valence-electron chi connectivity index (χ0n) is 12.0. The zero-order chi connectivity index (χ0) is 13.9. The number of fused-ring (bicyclic) bond motifs is 1. The van der Waals surface area contributed by atoms with Crippen molar-refractivity contribution >= 4 is 11.4 Å². The van der Waals surface area contributed by atoms with Crippen molar-refractivity contribution < 1.29 is 4.74 Å². The molecule has 0 aromatic heterocycles. The Labute approximate surface area is 120 Å². The van der Waals surface area contributed by atoms with Gasteiger partial charge in [0.05, 0.1) is 12.8 Å². The highest BCUT2D eigenvalue weighted by Gasteiger charge is 2.19. The summed E-state index contributed by atoms with van der Waals surface area (Å²) in [6.45, 7) is 2.92. The predicted octanol–water partition coefficient (Wildman–Crippen LogP) is 3.15. The van der Waals surface area contributed by atoms with Crippen LogP contribution >= 0.6 is 0 Å². The molecular formula is C17H20N2O. The Balaban J connectivity index is 1.97. The van der Waals surface area contributed by atoms with Crippen molar-refractivity contribution in [2.24, 2.45) is 0 Å². The normalized spacial score (nSPS) is 14.7. The second kappa shape index (κ2) is 5.45. The molecule has 0 N–H and O–H groups in total. The van der Waals surface area contributed by atoms with E-state index in [1.54, 1.807) is 7.11 Å². The minimum Gasteiger partial charge on any atom is -0.495 e. The molecule has 0 saturated heterocycles. The quantitative estimate of drug-likeness (QED) is 0.832. The molecule has 0 spiro atoms. The molecule has 3 rings (SSSR count). The van der Waals surface area contributed by atoms with Crippen molar-refractivity contribution in [3.63, 3.8) is 0 Å². The molecule has 0 atom stereocenters. The van der Waals surface area contributed by atoms with Crippen molar-refractivity contribution in [2.45, 2.75) is 6.54 Å². The Morgan fingerprint density at radius 1 is 0.900 bits per heavy atom. The van der Waals surface area contributed by atoms with Gasteiger partial charge in [0.2, 0.25) is 0 Å². The number of nitrogens with zero attached hydrogens (tertiary/aromatic N) is 2. The largest absolute Gasteiger partial charge is 0.495 e. The van der Waals surface area contributed by atoms with E-state index in [9.17, 15) is 0 Å². The smallest absolute Gasteiger partial charge is 0.142 e. The van der Waals surface area contributed by atoms with Crippen LogP contribution in [-0.4, -0.2) is 27.2 Å². The van der Waals surface area contributed by atoms with Crippen molar-refractivity contribution in [3.8, 4) is 5.75 Å². The summed E-state index contributed by atoms with van der Waals surface area (Å²) in [4.78, 5) is 4.71. The molecule has 1 aliphatic heterocycles. The van der Waals surface area contributed by atoms with Gasteiger partial charge in [-0.3, -0.25) is 0 Å². The molecule has 104 valence electrons. The van der Waals surface area contributed by atoms with E-state index in [1.807, 2.05) is 12.1 Å². The highest BCUT2D eigenvalue weighted by atomic mass is 16.5. The summed E-state index contributed by atoms with van der Waals surface area (Å²) in [5.41, 5.74) is 3.85. The third-order valence-corrected chi connectivity index (χ3v) is 3.90. The lowest BCUT2D eigenvalue weighted by Crippen LogP contribution is -2.29. The van der Waals surface area contributed by atoms with Gasteiger partial charge in [-0.05, 0) is 23.8 Å². The van der Waals surface area contributed by atoms with Crippen molar-refractivity contribution in [1.29, 1.82) is 0 Å². The highest BCUT2D eigenvalue weighted by Crippen LogP contribution is 2.32. The fourth-order valence-electron chi connectivity index (χ4n) is 2.79. The van der Waals surface area contributed by atoms with Crippen LogP contribution in [0.5, 0.6) is 5.75 Å². The van der Waals surface area contributed by atoms with E-state index in [1.165, 1.54) is 16.9 Å². The minimum atomic E-state index is 0.918. The number of para-hydroxylation sites is 3. The molecule has 20 heavy (non-hydrogen) atoms. The summed E-state index contributed by atoms with van der Waals surface area (Å²) in [6, 6.07) is 16.9. The number of hydrogen-bond acceptors (Lipinski definition) is 3. The Morgan fingerprint density at radius 2 is 1.60 bits per heavy atom. The third kappa shape index (κ3) is 2.31. The van der Waals surface area contributed by atoms with E-state index < -0.39 is 0 Å². The maximum atomic E-state index is 5.50. The molecule has 2 aromatic carbocycles. The Kier molecular flexibility index (Phi) is 3.50. The van der Waals surface area contributed by atoms with E-state index in [0.717, 1.165) is 25.4 Å². The monoisotopic (exact) mass is 268 g/mol. The molecule has 3 heteroatoms. The average molecular weight is 268 g/mol. The standard InChI is InChI=1S/C17H20N2O/c1-18-11-12-19(13-14-7-3-4-8-15(14)18)16-9-5-6-10-17(16)20-2/h3-10H,11-13H2,1-2H3. The van der Waals surface area contributed by atoms with Crippen LogP contribution in [0.25, 0.3) is 0 Å².